The summed E-state index contributed by atoms with van der Waals surface area (Å²) >= 11 is 0. The van der Waals surface area contributed by atoms with Crippen LogP contribution in [0.25, 0.3) is 0 Å². The quantitative estimate of drug-likeness (QED) is 0.732. The number of hydrogen-bond acceptors (Lipinski definition) is 2. The van der Waals surface area contributed by atoms with Crippen molar-refractivity contribution in [3.8, 4) is 0 Å². The second-order valence-corrected chi connectivity index (χ2v) is 5.71. The Morgan fingerprint density at radius 2 is 1.89 bits per heavy atom. The average Bonchev–Trinajstić information content (AvgIpc) is 3.22. The minimum atomic E-state index is 0.368. The maximum absolute atomic E-state index is 5.82. The van der Waals surface area contributed by atoms with Gasteiger partial charge in [-0.2, -0.15) is 0 Å². The van der Waals surface area contributed by atoms with Gasteiger partial charge in [-0.3, -0.25) is 0 Å². The molecule has 1 aromatic rings. The average molecular weight is 261 g/mol. The standard InChI is InChI=1S/C17H27NO/c1-3-4-14(2)19-13-16-7-5-15(6-8-16)11-12-18-17-9-10-17/h5-8,14,17-18H,3-4,9-13H2,1-2H3. The van der Waals surface area contributed by atoms with Crippen molar-refractivity contribution in [2.45, 2.75) is 64.7 Å². The molecule has 1 N–H and O–H groups in total. The molecule has 1 aromatic carbocycles. The van der Waals surface area contributed by atoms with E-state index in [2.05, 4.69) is 43.4 Å². The molecule has 0 saturated heterocycles. The fraction of sp³-hybridized carbons (Fsp3) is 0.647. The van der Waals surface area contributed by atoms with E-state index < -0.39 is 0 Å². The van der Waals surface area contributed by atoms with Crippen LogP contribution in [-0.4, -0.2) is 18.7 Å². The third kappa shape index (κ3) is 5.75. The Bertz CT molecular complexity index is 356. The van der Waals surface area contributed by atoms with Gasteiger partial charge in [0.05, 0.1) is 12.7 Å². The lowest BCUT2D eigenvalue weighted by molar-refractivity contribution is 0.0472. The summed E-state index contributed by atoms with van der Waals surface area (Å²) < 4.78 is 5.82. The van der Waals surface area contributed by atoms with Gasteiger partial charge >= 0.3 is 0 Å². The summed E-state index contributed by atoms with van der Waals surface area (Å²) in [6.45, 7) is 6.20. The molecule has 19 heavy (non-hydrogen) atoms. The van der Waals surface area contributed by atoms with Crippen molar-refractivity contribution in [2.24, 2.45) is 0 Å². The Hall–Kier alpha value is -0.860. The van der Waals surface area contributed by atoms with Crippen molar-refractivity contribution in [3.63, 3.8) is 0 Å². The fourth-order valence-electron chi connectivity index (χ4n) is 2.24. The zero-order valence-electron chi connectivity index (χ0n) is 12.3. The molecule has 0 aliphatic heterocycles. The van der Waals surface area contributed by atoms with Gasteiger partial charge in [-0.1, -0.05) is 37.6 Å². The number of rotatable bonds is 9. The molecule has 2 heteroatoms. The van der Waals surface area contributed by atoms with Crippen LogP contribution < -0.4 is 5.32 Å². The second kappa shape index (κ2) is 7.66. The first-order valence-electron chi connectivity index (χ1n) is 7.70. The van der Waals surface area contributed by atoms with Gasteiger partial charge in [-0.15, -0.1) is 0 Å². The van der Waals surface area contributed by atoms with Gasteiger partial charge in [-0.05, 0) is 50.3 Å². The first-order valence-corrected chi connectivity index (χ1v) is 7.70. The molecule has 1 unspecified atom stereocenters. The van der Waals surface area contributed by atoms with Crippen LogP contribution in [0.2, 0.25) is 0 Å². The Kier molecular flexibility index (Phi) is 5.87. The van der Waals surface area contributed by atoms with E-state index in [9.17, 15) is 0 Å². The van der Waals surface area contributed by atoms with Crippen LogP contribution in [0.5, 0.6) is 0 Å². The predicted octanol–water partition coefficient (Wildman–Crippen LogP) is 3.69. The first-order chi connectivity index (χ1) is 9.28. The van der Waals surface area contributed by atoms with E-state index in [0.29, 0.717) is 6.10 Å². The zero-order valence-corrected chi connectivity index (χ0v) is 12.3. The highest BCUT2D eigenvalue weighted by Crippen LogP contribution is 2.18. The van der Waals surface area contributed by atoms with Gasteiger partial charge in [0.2, 0.25) is 0 Å². The van der Waals surface area contributed by atoms with Crippen molar-refractivity contribution >= 4 is 0 Å². The van der Waals surface area contributed by atoms with E-state index in [1.165, 1.54) is 30.4 Å². The fourth-order valence-corrected chi connectivity index (χ4v) is 2.24. The summed E-state index contributed by atoms with van der Waals surface area (Å²) in [5.41, 5.74) is 2.69. The number of hydrogen-bond donors (Lipinski definition) is 1. The van der Waals surface area contributed by atoms with Crippen molar-refractivity contribution in [1.82, 2.24) is 5.32 Å². The molecule has 1 saturated carbocycles. The summed E-state index contributed by atoms with van der Waals surface area (Å²) in [7, 11) is 0. The van der Waals surface area contributed by atoms with Crippen LogP contribution in [-0.2, 0) is 17.8 Å². The van der Waals surface area contributed by atoms with E-state index in [1.807, 2.05) is 0 Å². The van der Waals surface area contributed by atoms with Gasteiger partial charge in [-0.25, -0.2) is 0 Å². The normalized spacial score (nSPS) is 16.5. The summed E-state index contributed by atoms with van der Waals surface area (Å²) in [5, 5.41) is 3.55. The molecule has 0 amide bonds. The molecule has 106 valence electrons. The topological polar surface area (TPSA) is 21.3 Å². The van der Waals surface area contributed by atoms with E-state index >= 15 is 0 Å². The second-order valence-electron chi connectivity index (χ2n) is 5.71. The maximum Gasteiger partial charge on any atom is 0.0720 e. The van der Waals surface area contributed by atoms with Crippen molar-refractivity contribution < 1.29 is 4.74 Å². The molecule has 0 bridgehead atoms. The molecule has 1 aliphatic carbocycles. The highest BCUT2D eigenvalue weighted by Gasteiger charge is 2.19. The van der Waals surface area contributed by atoms with Crippen LogP contribution in [0.15, 0.2) is 24.3 Å². The van der Waals surface area contributed by atoms with Crippen molar-refractivity contribution in [1.29, 1.82) is 0 Å². The largest absolute Gasteiger partial charge is 0.374 e. The molecule has 0 aromatic heterocycles. The molecule has 0 radical (unpaired) electrons. The molecule has 1 fully saturated rings. The Balaban J connectivity index is 1.67. The van der Waals surface area contributed by atoms with E-state index in [4.69, 9.17) is 4.74 Å². The molecule has 1 atom stereocenters. The zero-order chi connectivity index (χ0) is 13.5. The van der Waals surface area contributed by atoms with E-state index in [0.717, 1.165) is 32.0 Å². The minimum Gasteiger partial charge on any atom is -0.374 e. The van der Waals surface area contributed by atoms with Gasteiger partial charge < -0.3 is 10.1 Å². The van der Waals surface area contributed by atoms with Crippen LogP contribution in [0.3, 0.4) is 0 Å². The smallest absolute Gasteiger partial charge is 0.0720 e. The van der Waals surface area contributed by atoms with Gasteiger partial charge in [0, 0.05) is 6.04 Å². The third-order valence-electron chi connectivity index (χ3n) is 3.68. The highest BCUT2D eigenvalue weighted by molar-refractivity contribution is 5.22. The lowest BCUT2D eigenvalue weighted by Gasteiger charge is -2.12. The van der Waals surface area contributed by atoms with Crippen LogP contribution in [0.1, 0.15) is 50.7 Å². The van der Waals surface area contributed by atoms with Gasteiger partial charge in [0.15, 0.2) is 0 Å². The lowest BCUT2D eigenvalue weighted by Crippen LogP contribution is -2.19. The molecule has 1 aliphatic rings. The monoisotopic (exact) mass is 261 g/mol. The van der Waals surface area contributed by atoms with Crippen LogP contribution >= 0.6 is 0 Å². The van der Waals surface area contributed by atoms with Crippen molar-refractivity contribution in [2.75, 3.05) is 6.54 Å². The number of benzene rings is 1. The SMILES string of the molecule is CCCC(C)OCc1ccc(CCNC2CC2)cc1. The molecular formula is C17H27NO. The summed E-state index contributed by atoms with van der Waals surface area (Å²) in [6, 6.07) is 9.68. The molecule has 2 nitrogen and oxygen atoms in total. The summed E-state index contributed by atoms with van der Waals surface area (Å²) in [6.07, 6.45) is 6.56. The summed E-state index contributed by atoms with van der Waals surface area (Å²) in [4.78, 5) is 0. The molecule has 0 heterocycles. The third-order valence-corrected chi connectivity index (χ3v) is 3.68. The van der Waals surface area contributed by atoms with Gasteiger partial charge in [0.25, 0.3) is 0 Å². The molecular weight excluding hydrogens is 234 g/mol. The van der Waals surface area contributed by atoms with E-state index in [1.54, 1.807) is 0 Å². The van der Waals surface area contributed by atoms with Crippen LogP contribution in [0, 0.1) is 0 Å². The molecule has 0 spiro atoms. The first kappa shape index (κ1) is 14.5. The minimum absolute atomic E-state index is 0.368. The Labute approximate surface area is 117 Å². The number of nitrogens with one attached hydrogen (secondary N) is 1. The molecule has 2 rings (SSSR count). The van der Waals surface area contributed by atoms with Crippen LogP contribution in [0.4, 0.5) is 0 Å². The van der Waals surface area contributed by atoms with Crippen molar-refractivity contribution in [3.05, 3.63) is 35.4 Å². The van der Waals surface area contributed by atoms with Gasteiger partial charge in [0.1, 0.15) is 0 Å². The Morgan fingerprint density at radius 1 is 1.21 bits per heavy atom. The highest BCUT2D eigenvalue weighted by atomic mass is 16.5. The van der Waals surface area contributed by atoms with E-state index in [-0.39, 0.29) is 0 Å². The number of ether oxygens (including phenoxy) is 1. The predicted molar refractivity (Wildman–Crippen MR) is 80.3 cm³/mol. The Morgan fingerprint density at radius 3 is 2.53 bits per heavy atom. The summed E-state index contributed by atoms with van der Waals surface area (Å²) in [5.74, 6) is 0. The maximum atomic E-state index is 5.82. The lowest BCUT2D eigenvalue weighted by atomic mass is 10.1.